The summed E-state index contributed by atoms with van der Waals surface area (Å²) in [4.78, 5) is 12.6. The van der Waals surface area contributed by atoms with Crippen molar-refractivity contribution in [2.45, 2.75) is 38.2 Å². The van der Waals surface area contributed by atoms with Gasteiger partial charge in [0.25, 0.3) is 6.43 Å². The first kappa shape index (κ1) is 12.4. The lowest BCUT2D eigenvalue weighted by Crippen LogP contribution is -2.35. The summed E-state index contributed by atoms with van der Waals surface area (Å²) in [6.07, 6.45) is 0.768. The zero-order valence-corrected chi connectivity index (χ0v) is 8.96. The number of hydrogen-bond donors (Lipinski definition) is 1. The number of carbonyl (C=O) groups excluding carboxylic acids is 1. The lowest BCUT2D eigenvalue weighted by Gasteiger charge is -2.20. The van der Waals surface area contributed by atoms with Crippen molar-refractivity contribution < 1.29 is 13.6 Å². The molecule has 5 heteroatoms. The van der Waals surface area contributed by atoms with Gasteiger partial charge in [-0.05, 0) is 18.8 Å². The fourth-order valence-electron chi connectivity index (χ4n) is 2.01. The molecule has 88 valence electrons. The molecule has 0 heterocycles. The minimum atomic E-state index is -2.46. The van der Waals surface area contributed by atoms with Crippen LogP contribution < -0.4 is 5.73 Å². The number of alkyl halides is 2. The third kappa shape index (κ3) is 3.74. The Balaban J connectivity index is 2.34. The Labute approximate surface area is 88.6 Å². The first-order valence-electron chi connectivity index (χ1n) is 5.28. The number of amides is 1. The summed E-state index contributed by atoms with van der Waals surface area (Å²) in [5, 5.41) is 0. The molecule has 0 aromatic carbocycles. The highest BCUT2D eigenvalue weighted by molar-refractivity contribution is 5.76. The highest BCUT2D eigenvalue weighted by atomic mass is 19.3. The first-order valence-corrected chi connectivity index (χ1v) is 5.28. The Morgan fingerprint density at radius 2 is 2.20 bits per heavy atom. The second-order valence-electron chi connectivity index (χ2n) is 4.22. The molecule has 0 saturated heterocycles. The molecule has 15 heavy (non-hydrogen) atoms. The summed E-state index contributed by atoms with van der Waals surface area (Å²) in [5.41, 5.74) is 5.81. The van der Waals surface area contributed by atoms with Crippen LogP contribution in [0, 0.1) is 5.92 Å². The quantitative estimate of drug-likeness (QED) is 0.774. The summed E-state index contributed by atoms with van der Waals surface area (Å²) in [6.45, 7) is -0.485. The van der Waals surface area contributed by atoms with Crippen LogP contribution in [0.25, 0.3) is 0 Å². The third-order valence-corrected chi connectivity index (χ3v) is 2.99. The van der Waals surface area contributed by atoms with E-state index < -0.39 is 13.0 Å². The topological polar surface area (TPSA) is 46.3 Å². The molecule has 2 atom stereocenters. The van der Waals surface area contributed by atoms with Gasteiger partial charge in [-0.25, -0.2) is 8.78 Å². The molecule has 0 unspecified atom stereocenters. The Bertz CT molecular complexity index is 223. The van der Waals surface area contributed by atoms with Crippen molar-refractivity contribution in [3.05, 3.63) is 0 Å². The van der Waals surface area contributed by atoms with Crippen LogP contribution in [0.5, 0.6) is 0 Å². The average Bonchev–Trinajstić information content (AvgIpc) is 2.50. The van der Waals surface area contributed by atoms with E-state index in [0.717, 1.165) is 24.2 Å². The highest BCUT2D eigenvalue weighted by Gasteiger charge is 2.27. The molecule has 1 amide bonds. The predicted octanol–water partition coefficient (Wildman–Crippen LogP) is 1.23. The molecule has 0 aromatic heterocycles. The van der Waals surface area contributed by atoms with Crippen molar-refractivity contribution in [1.29, 1.82) is 0 Å². The number of rotatable bonds is 4. The smallest absolute Gasteiger partial charge is 0.255 e. The van der Waals surface area contributed by atoms with Crippen molar-refractivity contribution in [3.8, 4) is 0 Å². The summed E-state index contributed by atoms with van der Waals surface area (Å²) in [7, 11) is 1.41. The van der Waals surface area contributed by atoms with Crippen LogP contribution in [-0.2, 0) is 4.79 Å². The molecule has 1 rings (SSSR count). The monoisotopic (exact) mass is 220 g/mol. The molecular formula is C10H18F2N2O. The van der Waals surface area contributed by atoms with Crippen molar-refractivity contribution in [2.75, 3.05) is 13.6 Å². The van der Waals surface area contributed by atoms with Gasteiger partial charge in [0.2, 0.25) is 5.91 Å². The zero-order chi connectivity index (χ0) is 11.4. The van der Waals surface area contributed by atoms with Crippen molar-refractivity contribution in [1.82, 2.24) is 4.90 Å². The Morgan fingerprint density at radius 1 is 1.53 bits per heavy atom. The number of halogens is 2. The van der Waals surface area contributed by atoms with Gasteiger partial charge in [-0.15, -0.1) is 0 Å². The Morgan fingerprint density at radius 3 is 2.67 bits per heavy atom. The highest BCUT2D eigenvalue weighted by Crippen LogP contribution is 2.27. The van der Waals surface area contributed by atoms with Gasteiger partial charge in [-0.1, -0.05) is 6.42 Å². The second kappa shape index (κ2) is 5.39. The minimum Gasteiger partial charge on any atom is -0.340 e. The third-order valence-electron chi connectivity index (χ3n) is 2.99. The summed E-state index contributed by atoms with van der Waals surface area (Å²) < 4.78 is 24.0. The van der Waals surface area contributed by atoms with Gasteiger partial charge in [0.15, 0.2) is 0 Å². The molecule has 1 fully saturated rings. The molecule has 1 aliphatic rings. The van der Waals surface area contributed by atoms with Gasteiger partial charge in [-0.2, -0.15) is 0 Å². The summed E-state index contributed by atoms with van der Waals surface area (Å²) in [6, 6.07) is 0.0638. The van der Waals surface area contributed by atoms with E-state index in [9.17, 15) is 13.6 Å². The maximum atomic E-state index is 12.0. The average molecular weight is 220 g/mol. The van der Waals surface area contributed by atoms with Gasteiger partial charge >= 0.3 is 0 Å². The van der Waals surface area contributed by atoms with E-state index in [1.807, 2.05) is 0 Å². The largest absolute Gasteiger partial charge is 0.340 e. The van der Waals surface area contributed by atoms with Gasteiger partial charge in [0.1, 0.15) is 0 Å². The van der Waals surface area contributed by atoms with Crippen LogP contribution in [0.2, 0.25) is 0 Å². The number of hydrogen-bond acceptors (Lipinski definition) is 2. The number of nitrogens with zero attached hydrogens (tertiary/aromatic N) is 1. The first-order chi connectivity index (χ1) is 7.00. The summed E-state index contributed by atoms with van der Waals surface area (Å²) in [5.74, 6) is -0.0460. The van der Waals surface area contributed by atoms with Crippen LogP contribution >= 0.6 is 0 Å². The van der Waals surface area contributed by atoms with Gasteiger partial charge in [0, 0.05) is 19.5 Å². The maximum Gasteiger partial charge on any atom is 0.255 e. The van der Waals surface area contributed by atoms with E-state index in [0.29, 0.717) is 6.42 Å². The van der Waals surface area contributed by atoms with Crippen LogP contribution in [0.4, 0.5) is 8.78 Å². The van der Waals surface area contributed by atoms with E-state index in [4.69, 9.17) is 5.73 Å². The van der Waals surface area contributed by atoms with E-state index in [2.05, 4.69) is 0 Å². The van der Waals surface area contributed by atoms with Crippen molar-refractivity contribution >= 4 is 5.91 Å². The molecule has 0 radical (unpaired) electrons. The van der Waals surface area contributed by atoms with Crippen LogP contribution in [0.3, 0.4) is 0 Å². The van der Waals surface area contributed by atoms with Crippen LogP contribution in [0.15, 0.2) is 0 Å². The van der Waals surface area contributed by atoms with Crippen molar-refractivity contribution in [3.63, 3.8) is 0 Å². The van der Waals surface area contributed by atoms with Crippen molar-refractivity contribution in [2.24, 2.45) is 11.7 Å². The molecular weight excluding hydrogens is 202 g/mol. The zero-order valence-electron chi connectivity index (χ0n) is 8.96. The molecule has 3 nitrogen and oxygen atoms in total. The van der Waals surface area contributed by atoms with E-state index in [1.165, 1.54) is 7.05 Å². The SMILES string of the molecule is CN(CC(F)F)C(=O)C[C@@H]1CCC[C@H]1N. The lowest BCUT2D eigenvalue weighted by atomic mass is 9.99. The van der Waals surface area contributed by atoms with Crippen LogP contribution in [0.1, 0.15) is 25.7 Å². The minimum absolute atomic E-state index is 0.0638. The van der Waals surface area contributed by atoms with E-state index in [-0.39, 0.29) is 17.9 Å². The molecule has 1 aliphatic carbocycles. The van der Waals surface area contributed by atoms with E-state index in [1.54, 1.807) is 0 Å². The normalized spacial score (nSPS) is 25.9. The number of carbonyl (C=O) groups is 1. The molecule has 1 saturated carbocycles. The molecule has 0 aromatic rings. The van der Waals surface area contributed by atoms with Gasteiger partial charge < -0.3 is 10.6 Å². The fourth-order valence-corrected chi connectivity index (χ4v) is 2.01. The van der Waals surface area contributed by atoms with Gasteiger partial charge in [0.05, 0.1) is 6.54 Å². The molecule has 2 N–H and O–H groups in total. The standard InChI is InChI=1S/C10H18F2N2O/c1-14(6-9(11)12)10(15)5-7-3-2-4-8(7)13/h7-9H,2-6,13H2,1H3/t7-,8+/m0/s1. The molecule has 0 spiro atoms. The molecule has 0 aliphatic heterocycles. The second-order valence-corrected chi connectivity index (χ2v) is 4.22. The Kier molecular flexibility index (Phi) is 4.45. The lowest BCUT2D eigenvalue weighted by molar-refractivity contribution is -0.132. The molecule has 0 bridgehead atoms. The van der Waals surface area contributed by atoms with Gasteiger partial charge in [-0.3, -0.25) is 4.79 Å². The summed E-state index contributed by atoms with van der Waals surface area (Å²) >= 11 is 0. The maximum absolute atomic E-state index is 12.0. The predicted molar refractivity (Wildman–Crippen MR) is 53.6 cm³/mol. The van der Waals surface area contributed by atoms with Crippen LogP contribution in [-0.4, -0.2) is 36.9 Å². The Hall–Kier alpha value is -0.710. The number of nitrogens with two attached hydrogens (primary N) is 1. The fraction of sp³-hybridized carbons (Fsp3) is 0.900. The van der Waals surface area contributed by atoms with E-state index >= 15 is 0 Å².